The molecule has 1 amide bonds. The predicted molar refractivity (Wildman–Crippen MR) is 60.4 cm³/mol. The van der Waals surface area contributed by atoms with Gasteiger partial charge in [0.2, 0.25) is 5.84 Å². The van der Waals surface area contributed by atoms with E-state index < -0.39 is 17.7 Å². The van der Waals surface area contributed by atoms with Gasteiger partial charge in [-0.3, -0.25) is 4.79 Å². The first kappa shape index (κ1) is 12.8. The summed E-state index contributed by atoms with van der Waals surface area (Å²) >= 11 is 5.74. The first-order valence-corrected chi connectivity index (χ1v) is 4.65. The number of anilines is 1. The number of halogens is 1. The maximum absolute atomic E-state index is 11.2. The minimum absolute atomic E-state index is 0.0517. The smallest absolute Gasteiger partial charge is 0.335 e. The van der Waals surface area contributed by atoms with Gasteiger partial charge < -0.3 is 21.4 Å². The van der Waals surface area contributed by atoms with Gasteiger partial charge in [-0.15, -0.1) is 0 Å². The van der Waals surface area contributed by atoms with E-state index in [0.717, 1.165) is 6.07 Å². The zero-order chi connectivity index (χ0) is 13.0. The summed E-state index contributed by atoms with van der Waals surface area (Å²) in [6.07, 6.45) is 0. The van der Waals surface area contributed by atoms with Gasteiger partial charge in [-0.1, -0.05) is 16.8 Å². The summed E-state index contributed by atoms with van der Waals surface area (Å²) in [6, 6.07) is 3.75. The number of oxime groups is 1. The third kappa shape index (κ3) is 3.08. The third-order valence-electron chi connectivity index (χ3n) is 1.80. The largest absolute Gasteiger partial charge is 0.478 e. The number of amides is 1. The van der Waals surface area contributed by atoms with Gasteiger partial charge in [0, 0.05) is 0 Å². The number of nitrogens with zero attached hydrogens (tertiary/aromatic N) is 1. The van der Waals surface area contributed by atoms with Crippen molar-refractivity contribution in [2.75, 3.05) is 5.32 Å². The number of nitrogens with one attached hydrogen (secondary N) is 1. The average Bonchev–Trinajstić information content (AvgIpc) is 2.30. The Kier molecular flexibility index (Phi) is 3.89. The highest BCUT2D eigenvalue weighted by molar-refractivity contribution is 6.42. The topological polar surface area (TPSA) is 125 Å². The number of aromatic carboxylic acids is 1. The van der Waals surface area contributed by atoms with E-state index in [1.54, 1.807) is 0 Å². The Labute approximate surface area is 100 Å². The molecule has 1 rings (SSSR count). The minimum atomic E-state index is -1.17. The van der Waals surface area contributed by atoms with Crippen LogP contribution >= 0.6 is 11.6 Å². The summed E-state index contributed by atoms with van der Waals surface area (Å²) in [5, 5.41) is 21.9. The van der Waals surface area contributed by atoms with Crippen LogP contribution in [0.2, 0.25) is 5.02 Å². The molecule has 0 aliphatic rings. The molecule has 0 bridgehead atoms. The second-order valence-electron chi connectivity index (χ2n) is 2.94. The molecule has 0 aliphatic carbocycles. The Balaban J connectivity index is 3.02. The highest BCUT2D eigenvalue weighted by Crippen LogP contribution is 2.22. The highest BCUT2D eigenvalue weighted by Gasteiger charge is 2.12. The van der Waals surface area contributed by atoms with Crippen LogP contribution < -0.4 is 11.1 Å². The zero-order valence-corrected chi connectivity index (χ0v) is 9.10. The first-order chi connectivity index (χ1) is 7.95. The van der Waals surface area contributed by atoms with Crippen LogP contribution in [-0.4, -0.2) is 28.0 Å². The summed E-state index contributed by atoms with van der Waals surface area (Å²) in [5.41, 5.74) is 5.05. The van der Waals surface area contributed by atoms with Crippen molar-refractivity contribution in [3.05, 3.63) is 28.8 Å². The molecule has 5 N–H and O–H groups in total. The Morgan fingerprint density at radius 1 is 1.41 bits per heavy atom. The normalized spacial score (nSPS) is 11.0. The monoisotopic (exact) mass is 257 g/mol. The molecule has 0 fully saturated rings. The van der Waals surface area contributed by atoms with Crippen molar-refractivity contribution < 1.29 is 19.9 Å². The maximum atomic E-state index is 11.2. The lowest BCUT2D eigenvalue weighted by atomic mass is 10.2. The van der Waals surface area contributed by atoms with Gasteiger partial charge in [-0.25, -0.2) is 4.79 Å². The minimum Gasteiger partial charge on any atom is -0.478 e. The molecule has 90 valence electrons. The van der Waals surface area contributed by atoms with E-state index >= 15 is 0 Å². The maximum Gasteiger partial charge on any atom is 0.335 e. The van der Waals surface area contributed by atoms with Crippen LogP contribution in [0.15, 0.2) is 23.4 Å². The SMILES string of the molecule is N/C(=N/O)C(=O)Nc1cc(C(=O)O)ccc1Cl. The molecule has 0 spiro atoms. The van der Waals surface area contributed by atoms with Crippen LogP contribution in [0.25, 0.3) is 0 Å². The quantitative estimate of drug-likeness (QED) is 0.269. The number of carbonyl (C=O) groups is 2. The van der Waals surface area contributed by atoms with Gasteiger partial charge in [0.15, 0.2) is 0 Å². The fourth-order valence-electron chi connectivity index (χ4n) is 0.986. The summed E-state index contributed by atoms with van der Waals surface area (Å²) in [7, 11) is 0. The van der Waals surface area contributed by atoms with Crippen LogP contribution in [0.4, 0.5) is 5.69 Å². The van der Waals surface area contributed by atoms with Crippen LogP contribution in [0, 0.1) is 0 Å². The Bertz CT molecular complexity index is 501. The summed E-state index contributed by atoms with van der Waals surface area (Å²) < 4.78 is 0. The van der Waals surface area contributed by atoms with Crippen molar-refractivity contribution in [3.8, 4) is 0 Å². The number of benzene rings is 1. The lowest BCUT2D eigenvalue weighted by molar-refractivity contribution is -0.110. The van der Waals surface area contributed by atoms with Crippen LogP contribution in [0.3, 0.4) is 0 Å². The number of carboxylic acid groups (broad SMARTS) is 1. The molecule has 0 radical (unpaired) electrons. The van der Waals surface area contributed by atoms with Crippen LogP contribution in [0.1, 0.15) is 10.4 Å². The molecule has 7 nitrogen and oxygen atoms in total. The molecular weight excluding hydrogens is 250 g/mol. The standard InChI is InChI=1S/C9H8ClN3O4/c10-5-2-1-4(9(15)16)3-6(5)12-8(14)7(11)13-17/h1-3,17H,(H2,11,13)(H,12,14)(H,15,16). The van der Waals surface area contributed by atoms with Crippen LogP contribution in [0.5, 0.6) is 0 Å². The molecule has 1 aromatic carbocycles. The number of carbonyl (C=O) groups excluding carboxylic acids is 1. The fourth-order valence-corrected chi connectivity index (χ4v) is 1.15. The van der Waals surface area contributed by atoms with E-state index in [9.17, 15) is 9.59 Å². The molecule has 0 saturated carbocycles. The summed E-state index contributed by atoms with van der Waals surface area (Å²) in [6.45, 7) is 0. The number of rotatable bonds is 2. The average molecular weight is 258 g/mol. The Morgan fingerprint density at radius 2 is 2.06 bits per heavy atom. The van der Waals surface area contributed by atoms with Crippen molar-refractivity contribution in [1.29, 1.82) is 0 Å². The molecule has 0 aromatic heterocycles. The van der Waals surface area contributed by atoms with E-state index in [2.05, 4.69) is 10.5 Å². The molecule has 8 heteroatoms. The molecule has 1 aromatic rings. The van der Waals surface area contributed by atoms with E-state index in [4.69, 9.17) is 27.6 Å². The second-order valence-corrected chi connectivity index (χ2v) is 3.35. The Hall–Kier alpha value is -2.28. The third-order valence-corrected chi connectivity index (χ3v) is 2.13. The lowest BCUT2D eigenvalue weighted by Crippen LogP contribution is -2.30. The van der Waals surface area contributed by atoms with Gasteiger partial charge in [0.1, 0.15) is 0 Å². The molecule has 0 aliphatic heterocycles. The summed E-state index contributed by atoms with van der Waals surface area (Å²) in [4.78, 5) is 21.9. The molecule has 0 heterocycles. The molecule has 0 unspecified atom stereocenters. The number of nitrogens with two attached hydrogens (primary N) is 1. The number of carboxylic acids is 1. The summed E-state index contributed by atoms with van der Waals surface area (Å²) in [5.74, 6) is -2.72. The van der Waals surface area contributed by atoms with E-state index in [-0.39, 0.29) is 16.3 Å². The lowest BCUT2D eigenvalue weighted by Gasteiger charge is -2.06. The first-order valence-electron chi connectivity index (χ1n) is 4.27. The molecule has 0 saturated heterocycles. The van der Waals surface area contributed by atoms with Gasteiger partial charge in [-0.2, -0.15) is 0 Å². The van der Waals surface area contributed by atoms with Crippen molar-refractivity contribution in [3.63, 3.8) is 0 Å². The van der Waals surface area contributed by atoms with Crippen molar-refractivity contribution in [2.45, 2.75) is 0 Å². The number of hydrogen-bond donors (Lipinski definition) is 4. The molecule has 17 heavy (non-hydrogen) atoms. The second kappa shape index (κ2) is 5.17. The van der Waals surface area contributed by atoms with Crippen molar-refractivity contribution in [1.82, 2.24) is 0 Å². The predicted octanol–water partition coefficient (Wildman–Crippen LogP) is 0.723. The molecular formula is C9H8ClN3O4. The number of amidine groups is 1. The van der Waals surface area contributed by atoms with E-state index in [0.29, 0.717) is 0 Å². The van der Waals surface area contributed by atoms with Gasteiger partial charge in [0.25, 0.3) is 5.91 Å². The van der Waals surface area contributed by atoms with Crippen LogP contribution in [-0.2, 0) is 4.79 Å². The highest BCUT2D eigenvalue weighted by atomic mass is 35.5. The number of hydrogen-bond acceptors (Lipinski definition) is 4. The van der Waals surface area contributed by atoms with Gasteiger partial charge in [-0.05, 0) is 18.2 Å². The molecule has 0 atom stereocenters. The van der Waals surface area contributed by atoms with Crippen molar-refractivity contribution >= 4 is 35.0 Å². The Morgan fingerprint density at radius 3 is 2.59 bits per heavy atom. The zero-order valence-electron chi connectivity index (χ0n) is 8.35. The van der Waals surface area contributed by atoms with E-state index in [1.165, 1.54) is 12.1 Å². The van der Waals surface area contributed by atoms with Gasteiger partial charge in [0.05, 0.1) is 16.3 Å². The van der Waals surface area contributed by atoms with E-state index in [1.807, 2.05) is 0 Å². The van der Waals surface area contributed by atoms with Gasteiger partial charge >= 0.3 is 5.97 Å². The fraction of sp³-hybridized carbons (Fsp3) is 0. The van der Waals surface area contributed by atoms with Crippen molar-refractivity contribution in [2.24, 2.45) is 10.9 Å².